The van der Waals surface area contributed by atoms with Gasteiger partial charge in [-0.2, -0.15) is 0 Å². The van der Waals surface area contributed by atoms with Gasteiger partial charge in [-0.15, -0.1) is 0 Å². The van der Waals surface area contributed by atoms with E-state index in [1.54, 1.807) is 0 Å². The minimum absolute atomic E-state index is 0.0374. The van der Waals surface area contributed by atoms with Crippen molar-refractivity contribution in [3.05, 3.63) is 101 Å². The lowest BCUT2D eigenvalue weighted by Crippen LogP contribution is -2.32. The van der Waals surface area contributed by atoms with Crippen molar-refractivity contribution in [3.63, 3.8) is 0 Å². The maximum absolute atomic E-state index is 12.5. The Bertz CT molecular complexity index is 896. The Morgan fingerprint density at radius 1 is 0.862 bits per heavy atom. The van der Waals surface area contributed by atoms with E-state index in [4.69, 9.17) is 4.99 Å². The van der Waals surface area contributed by atoms with Gasteiger partial charge in [-0.25, -0.2) is 13.8 Å². The predicted molar refractivity (Wildman–Crippen MR) is 117 cm³/mol. The second-order valence-electron chi connectivity index (χ2n) is 7.16. The zero-order valence-electron chi connectivity index (χ0n) is 16.8. The molecule has 0 amide bonds. The summed E-state index contributed by atoms with van der Waals surface area (Å²) < 4.78 is 24.9. The summed E-state index contributed by atoms with van der Waals surface area (Å²) in [4.78, 5) is 5.02. The molecule has 1 N–H and O–H groups in total. The van der Waals surface area contributed by atoms with Gasteiger partial charge in [0.25, 0.3) is 6.43 Å². The van der Waals surface area contributed by atoms with Gasteiger partial charge in [-0.3, -0.25) is 0 Å². The third kappa shape index (κ3) is 5.81. The van der Waals surface area contributed by atoms with E-state index in [1.807, 2.05) is 68.4 Å². The summed E-state index contributed by atoms with van der Waals surface area (Å²) in [5.74, 6) is 0. The van der Waals surface area contributed by atoms with Crippen molar-refractivity contribution in [2.24, 2.45) is 4.99 Å². The van der Waals surface area contributed by atoms with E-state index in [2.05, 4.69) is 29.6 Å². The molecule has 150 valence electrons. The molecule has 0 unspecified atom stereocenters. The lowest BCUT2D eigenvalue weighted by Gasteiger charge is -2.16. The largest absolute Gasteiger partial charge is 0.309 e. The fourth-order valence-electron chi connectivity index (χ4n) is 3.31. The van der Waals surface area contributed by atoms with E-state index in [0.717, 1.165) is 33.7 Å². The second-order valence-corrected chi connectivity index (χ2v) is 7.16. The first-order valence-corrected chi connectivity index (χ1v) is 9.84. The quantitative estimate of drug-likeness (QED) is 0.471. The topological polar surface area (TPSA) is 24.4 Å². The van der Waals surface area contributed by atoms with Gasteiger partial charge in [0.05, 0.1) is 17.9 Å². The summed E-state index contributed by atoms with van der Waals surface area (Å²) in [7, 11) is 0. The molecule has 0 aliphatic carbocycles. The molecule has 4 heteroatoms. The van der Waals surface area contributed by atoms with Crippen molar-refractivity contribution < 1.29 is 8.78 Å². The summed E-state index contributed by atoms with van der Waals surface area (Å²) in [6.45, 7) is 3.68. The molecular formula is C25H26F2N2. The number of nitrogens with one attached hydrogen (secondary N) is 1. The molecule has 0 heterocycles. The van der Waals surface area contributed by atoms with Crippen LogP contribution in [0.1, 0.15) is 29.2 Å². The van der Waals surface area contributed by atoms with Crippen LogP contribution in [0.5, 0.6) is 0 Å². The van der Waals surface area contributed by atoms with Gasteiger partial charge in [0.2, 0.25) is 0 Å². The molecule has 0 aliphatic rings. The zero-order valence-corrected chi connectivity index (χ0v) is 16.8. The van der Waals surface area contributed by atoms with Gasteiger partial charge in [0.1, 0.15) is 0 Å². The van der Waals surface area contributed by atoms with Crippen molar-refractivity contribution in [1.29, 1.82) is 0 Å². The van der Waals surface area contributed by atoms with Crippen LogP contribution < -0.4 is 5.32 Å². The summed E-state index contributed by atoms with van der Waals surface area (Å²) in [6, 6.07) is 26.2. The van der Waals surface area contributed by atoms with Crippen molar-refractivity contribution in [2.75, 3.05) is 6.54 Å². The molecule has 0 saturated heterocycles. The number of hydrogen-bond acceptors (Lipinski definition) is 2. The number of halogens is 2. The van der Waals surface area contributed by atoms with E-state index in [-0.39, 0.29) is 12.6 Å². The summed E-state index contributed by atoms with van der Waals surface area (Å²) >= 11 is 0. The maximum Gasteiger partial charge on any atom is 0.250 e. The molecule has 0 bridgehead atoms. The van der Waals surface area contributed by atoms with E-state index in [0.29, 0.717) is 6.42 Å². The highest BCUT2D eigenvalue weighted by atomic mass is 19.3. The molecule has 3 aromatic carbocycles. The summed E-state index contributed by atoms with van der Waals surface area (Å²) in [5.41, 5.74) is 6.09. The minimum atomic E-state index is -2.34. The average molecular weight is 392 g/mol. The molecule has 3 aromatic rings. The maximum atomic E-state index is 12.5. The number of aliphatic imine (C=N–C) groups is 1. The molecule has 0 aromatic heterocycles. The SMILES string of the molecule is Cc1c(C[C@@H](C)NCC(F)F)cccc1N=C(c1ccccc1)c1ccccc1. The molecule has 29 heavy (non-hydrogen) atoms. The smallest absolute Gasteiger partial charge is 0.250 e. The molecule has 0 saturated carbocycles. The molecule has 3 rings (SSSR count). The standard InChI is InChI=1S/C25H26F2N2/c1-18(28-17-24(26)27)16-22-14-9-15-23(19(22)2)29-25(20-10-5-3-6-11-20)21-12-7-4-8-13-21/h3-15,18,24,28H,16-17H2,1-2H3/t18-/m1/s1. The molecule has 1 atom stereocenters. The van der Waals surface area contributed by atoms with Gasteiger partial charge >= 0.3 is 0 Å². The van der Waals surface area contributed by atoms with Crippen LogP contribution >= 0.6 is 0 Å². The number of rotatable bonds is 8. The fraction of sp³-hybridized carbons (Fsp3) is 0.240. The molecular weight excluding hydrogens is 366 g/mol. The summed E-state index contributed by atoms with van der Waals surface area (Å²) in [5, 5.41) is 2.88. The van der Waals surface area contributed by atoms with Crippen LogP contribution in [-0.4, -0.2) is 24.7 Å². The number of nitrogens with zero attached hydrogens (tertiary/aromatic N) is 1. The third-order valence-corrected chi connectivity index (χ3v) is 4.89. The number of benzene rings is 3. The van der Waals surface area contributed by atoms with Crippen LogP contribution in [0, 0.1) is 6.92 Å². The first-order valence-electron chi connectivity index (χ1n) is 9.84. The Hall–Kier alpha value is -2.85. The van der Waals surface area contributed by atoms with Crippen LogP contribution in [0.2, 0.25) is 0 Å². The van der Waals surface area contributed by atoms with E-state index < -0.39 is 6.43 Å². The number of alkyl halides is 2. The molecule has 0 aliphatic heterocycles. The zero-order chi connectivity index (χ0) is 20.6. The monoisotopic (exact) mass is 392 g/mol. The Labute approximate surface area is 171 Å². The molecule has 0 radical (unpaired) electrons. The Balaban J connectivity index is 1.94. The van der Waals surface area contributed by atoms with Crippen LogP contribution in [0.15, 0.2) is 83.9 Å². The molecule has 0 fully saturated rings. The van der Waals surface area contributed by atoms with Crippen LogP contribution in [-0.2, 0) is 6.42 Å². The van der Waals surface area contributed by atoms with E-state index in [9.17, 15) is 8.78 Å². The number of hydrogen-bond donors (Lipinski definition) is 1. The van der Waals surface area contributed by atoms with Gasteiger partial charge < -0.3 is 5.32 Å². The fourth-order valence-corrected chi connectivity index (χ4v) is 3.31. The van der Waals surface area contributed by atoms with Crippen molar-refractivity contribution >= 4 is 11.4 Å². The Morgan fingerprint density at radius 3 is 2.00 bits per heavy atom. The summed E-state index contributed by atoms with van der Waals surface area (Å²) in [6.07, 6.45) is -1.66. The molecule has 2 nitrogen and oxygen atoms in total. The van der Waals surface area contributed by atoms with Crippen LogP contribution in [0.25, 0.3) is 0 Å². The van der Waals surface area contributed by atoms with Crippen LogP contribution in [0.4, 0.5) is 14.5 Å². The lowest BCUT2D eigenvalue weighted by atomic mass is 9.99. The van der Waals surface area contributed by atoms with E-state index >= 15 is 0 Å². The third-order valence-electron chi connectivity index (χ3n) is 4.89. The van der Waals surface area contributed by atoms with Gasteiger partial charge in [-0.1, -0.05) is 72.8 Å². The highest BCUT2D eigenvalue weighted by molar-refractivity contribution is 6.14. The Morgan fingerprint density at radius 2 is 1.45 bits per heavy atom. The van der Waals surface area contributed by atoms with Gasteiger partial charge in [-0.05, 0) is 37.5 Å². The molecule has 0 spiro atoms. The first kappa shape index (κ1) is 20.9. The van der Waals surface area contributed by atoms with Crippen molar-refractivity contribution in [3.8, 4) is 0 Å². The van der Waals surface area contributed by atoms with Gasteiger partial charge in [0, 0.05) is 17.2 Å². The van der Waals surface area contributed by atoms with Gasteiger partial charge in [0.15, 0.2) is 0 Å². The van der Waals surface area contributed by atoms with Crippen LogP contribution in [0.3, 0.4) is 0 Å². The highest BCUT2D eigenvalue weighted by Crippen LogP contribution is 2.25. The second kappa shape index (κ2) is 10.1. The lowest BCUT2D eigenvalue weighted by molar-refractivity contribution is 0.142. The minimum Gasteiger partial charge on any atom is -0.309 e. The van der Waals surface area contributed by atoms with Crippen molar-refractivity contribution in [1.82, 2.24) is 5.32 Å². The normalized spacial score (nSPS) is 12.0. The average Bonchev–Trinajstić information content (AvgIpc) is 2.74. The van der Waals surface area contributed by atoms with E-state index in [1.165, 1.54) is 0 Å². The van der Waals surface area contributed by atoms with Crippen molar-refractivity contribution in [2.45, 2.75) is 32.7 Å². The Kier molecular flexibility index (Phi) is 7.25. The first-order chi connectivity index (χ1) is 14.0. The predicted octanol–water partition coefficient (Wildman–Crippen LogP) is 5.95. The highest BCUT2D eigenvalue weighted by Gasteiger charge is 2.12.